The normalized spacial score (nSPS) is 11.3. The summed E-state index contributed by atoms with van der Waals surface area (Å²) in [5, 5.41) is 0. The summed E-state index contributed by atoms with van der Waals surface area (Å²) in [7, 11) is 1.82. The highest BCUT2D eigenvalue weighted by Crippen LogP contribution is 2.23. The van der Waals surface area contributed by atoms with E-state index < -0.39 is 5.54 Å². The topological polar surface area (TPSA) is 53.0 Å². The van der Waals surface area contributed by atoms with Gasteiger partial charge < -0.3 is 5.73 Å². The number of alkyl halides is 2. The number of nitrogens with zero attached hydrogens (tertiary/aromatic N) is 2. The molecule has 116 valence electrons. The second-order valence-corrected chi connectivity index (χ2v) is 5.39. The van der Waals surface area contributed by atoms with Gasteiger partial charge in [-0.15, -0.1) is 35.6 Å². The number of nitrogens with two attached hydrogens (primary N) is 1. The Kier molecular flexibility index (Phi) is 5.93. The van der Waals surface area contributed by atoms with Gasteiger partial charge in [0.1, 0.15) is 0 Å². The van der Waals surface area contributed by atoms with Crippen molar-refractivity contribution >= 4 is 35.6 Å². The lowest BCUT2D eigenvalue weighted by atomic mass is 9.95. The molecule has 0 aliphatic heterocycles. The lowest BCUT2D eigenvalue weighted by Gasteiger charge is -2.23. The average Bonchev–Trinajstić information content (AvgIpc) is 2.70. The molecule has 0 aliphatic carbocycles. The smallest absolute Gasteiger partial charge is 0.276 e. The second kappa shape index (κ2) is 6.88. The van der Waals surface area contributed by atoms with Gasteiger partial charge in [0.05, 0.1) is 16.8 Å². The van der Waals surface area contributed by atoms with E-state index in [2.05, 4.69) is 0 Å². The summed E-state index contributed by atoms with van der Waals surface area (Å²) in [5.41, 5.74) is 6.99. The molecular formula is C14H18Cl3N3O. The van der Waals surface area contributed by atoms with Crippen LogP contribution in [0.25, 0.3) is 5.69 Å². The van der Waals surface area contributed by atoms with E-state index in [0.717, 1.165) is 11.4 Å². The van der Waals surface area contributed by atoms with Gasteiger partial charge in [0.25, 0.3) is 5.56 Å². The van der Waals surface area contributed by atoms with E-state index in [0.29, 0.717) is 5.56 Å². The first kappa shape index (κ1) is 18.1. The average molecular weight is 351 g/mol. The minimum atomic E-state index is -1.03. The molecule has 0 aliphatic rings. The first-order valence-corrected chi connectivity index (χ1v) is 7.28. The quantitative estimate of drug-likeness (QED) is 0.862. The number of hydrogen-bond acceptors (Lipinski definition) is 2. The third-order valence-corrected chi connectivity index (χ3v) is 4.48. The SMILES string of the molecule is Cc1c(C(N)(CCl)CCl)c(=O)n(-c2ccccc2)n1C.Cl. The van der Waals surface area contributed by atoms with Gasteiger partial charge in [-0.1, -0.05) is 18.2 Å². The lowest BCUT2D eigenvalue weighted by Crippen LogP contribution is -2.45. The molecule has 1 aromatic heterocycles. The maximum absolute atomic E-state index is 12.7. The Morgan fingerprint density at radius 2 is 1.71 bits per heavy atom. The van der Waals surface area contributed by atoms with Crippen molar-refractivity contribution in [2.45, 2.75) is 12.5 Å². The molecule has 0 saturated carbocycles. The lowest BCUT2D eigenvalue weighted by molar-refractivity contribution is 0.560. The number of halogens is 3. The minimum Gasteiger partial charge on any atom is -0.319 e. The summed E-state index contributed by atoms with van der Waals surface area (Å²) in [6.45, 7) is 1.84. The standard InChI is InChI=1S/C14H17Cl2N3O.ClH/c1-10-12(14(17,8-15)9-16)13(20)19(18(10)2)11-6-4-3-5-7-11;/h3-7H,8-9,17H2,1-2H3;1H. The molecule has 0 bridgehead atoms. The number of hydrogen-bond donors (Lipinski definition) is 1. The van der Waals surface area contributed by atoms with Crippen LogP contribution in [0.2, 0.25) is 0 Å². The highest BCUT2D eigenvalue weighted by molar-refractivity contribution is 6.22. The molecule has 4 nitrogen and oxygen atoms in total. The summed E-state index contributed by atoms with van der Waals surface area (Å²) >= 11 is 11.9. The number of rotatable bonds is 4. The summed E-state index contributed by atoms with van der Waals surface area (Å²) in [5.74, 6) is 0.177. The van der Waals surface area contributed by atoms with Crippen molar-refractivity contribution in [2.75, 3.05) is 11.8 Å². The Morgan fingerprint density at radius 3 is 2.19 bits per heavy atom. The summed E-state index contributed by atoms with van der Waals surface area (Å²) in [4.78, 5) is 12.7. The van der Waals surface area contributed by atoms with Crippen molar-refractivity contribution in [1.29, 1.82) is 0 Å². The van der Waals surface area contributed by atoms with E-state index in [1.54, 1.807) is 9.36 Å². The van der Waals surface area contributed by atoms with Gasteiger partial charge in [-0.05, 0) is 19.1 Å². The van der Waals surface area contributed by atoms with Crippen LogP contribution in [0.4, 0.5) is 0 Å². The third kappa shape index (κ3) is 2.99. The second-order valence-electron chi connectivity index (χ2n) is 4.86. The zero-order valence-corrected chi connectivity index (χ0v) is 14.2. The Bertz CT molecular complexity index is 660. The fourth-order valence-corrected chi connectivity index (χ4v) is 2.86. The third-order valence-electron chi connectivity index (χ3n) is 3.53. The molecule has 0 unspecified atom stereocenters. The molecule has 7 heteroatoms. The van der Waals surface area contributed by atoms with E-state index in [-0.39, 0.29) is 29.7 Å². The van der Waals surface area contributed by atoms with Gasteiger partial charge in [0.2, 0.25) is 0 Å². The molecule has 2 N–H and O–H groups in total. The first-order valence-electron chi connectivity index (χ1n) is 6.21. The zero-order chi connectivity index (χ0) is 14.9. The molecular weight excluding hydrogens is 333 g/mol. The van der Waals surface area contributed by atoms with Crippen LogP contribution < -0.4 is 11.3 Å². The van der Waals surface area contributed by atoms with Crippen molar-refractivity contribution in [3.63, 3.8) is 0 Å². The maximum atomic E-state index is 12.7. The fourth-order valence-electron chi connectivity index (χ4n) is 2.31. The van der Waals surface area contributed by atoms with Crippen LogP contribution in [0.5, 0.6) is 0 Å². The largest absolute Gasteiger partial charge is 0.319 e. The molecule has 0 saturated heterocycles. The Labute approximate surface area is 139 Å². The Morgan fingerprint density at radius 1 is 1.19 bits per heavy atom. The minimum absolute atomic E-state index is 0. The molecule has 0 amide bonds. The van der Waals surface area contributed by atoms with Crippen LogP contribution in [0, 0.1) is 6.92 Å². The van der Waals surface area contributed by atoms with Crippen LogP contribution in [0.3, 0.4) is 0 Å². The van der Waals surface area contributed by atoms with Gasteiger partial charge in [-0.3, -0.25) is 9.48 Å². The molecule has 0 radical (unpaired) electrons. The predicted molar refractivity (Wildman–Crippen MR) is 90.3 cm³/mol. The molecule has 1 aromatic carbocycles. The number of para-hydroxylation sites is 1. The van der Waals surface area contributed by atoms with Gasteiger partial charge in [-0.25, -0.2) is 4.68 Å². The predicted octanol–water partition coefficient (Wildman–Crippen LogP) is 2.54. The van der Waals surface area contributed by atoms with Crippen molar-refractivity contribution in [3.8, 4) is 5.69 Å². The first-order chi connectivity index (χ1) is 9.46. The van der Waals surface area contributed by atoms with Crippen LogP contribution in [0.1, 0.15) is 11.3 Å². The summed E-state index contributed by atoms with van der Waals surface area (Å²) in [6, 6.07) is 9.38. The molecule has 2 aromatic rings. The highest BCUT2D eigenvalue weighted by atomic mass is 35.5. The molecule has 1 heterocycles. The molecule has 21 heavy (non-hydrogen) atoms. The van der Waals surface area contributed by atoms with Gasteiger partial charge in [-0.2, -0.15) is 0 Å². The Hall–Kier alpha value is -0.940. The number of benzene rings is 1. The van der Waals surface area contributed by atoms with E-state index in [1.165, 1.54) is 0 Å². The fraction of sp³-hybridized carbons (Fsp3) is 0.357. The monoisotopic (exact) mass is 349 g/mol. The van der Waals surface area contributed by atoms with Gasteiger partial charge in [0, 0.05) is 24.5 Å². The molecule has 2 rings (SSSR count). The van der Waals surface area contributed by atoms with E-state index >= 15 is 0 Å². The number of aromatic nitrogens is 2. The summed E-state index contributed by atoms with van der Waals surface area (Å²) in [6.07, 6.45) is 0. The molecule has 0 spiro atoms. The van der Waals surface area contributed by atoms with E-state index in [4.69, 9.17) is 28.9 Å². The summed E-state index contributed by atoms with van der Waals surface area (Å²) < 4.78 is 3.35. The maximum Gasteiger partial charge on any atom is 0.276 e. The van der Waals surface area contributed by atoms with Gasteiger partial charge >= 0.3 is 0 Å². The van der Waals surface area contributed by atoms with E-state index in [9.17, 15) is 4.79 Å². The van der Waals surface area contributed by atoms with Crippen molar-refractivity contribution < 1.29 is 0 Å². The highest BCUT2D eigenvalue weighted by Gasteiger charge is 2.33. The van der Waals surface area contributed by atoms with Crippen molar-refractivity contribution in [2.24, 2.45) is 12.8 Å². The van der Waals surface area contributed by atoms with Crippen molar-refractivity contribution in [1.82, 2.24) is 9.36 Å². The molecule has 0 atom stereocenters. The van der Waals surface area contributed by atoms with E-state index in [1.807, 2.05) is 44.3 Å². The van der Waals surface area contributed by atoms with Crippen LogP contribution in [-0.2, 0) is 12.6 Å². The Balaban J connectivity index is 0.00000220. The van der Waals surface area contributed by atoms with Crippen LogP contribution >= 0.6 is 35.6 Å². The van der Waals surface area contributed by atoms with Crippen LogP contribution in [-0.4, -0.2) is 21.1 Å². The van der Waals surface area contributed by atoms with Gasteiger partial charge in [0.15, 0.2) is 0 Å². The molecule has 0 fully saturated rings. The zero-order valence-electron chi connectivity index (χ0n) is 11.8. The van der Waals surface area contributed by atoms with Crippen molar-refractivity contribution in [3.05, 3.63) is 51.9 Å². The van der Waals surface area contributed by atoms with Crippen LogP contribution in [0.15, 0.2) is 35.1 Å².